The lowest BCUT2D eigenvalue weighted by molar-refractivity contribution is -0.111. The van der Waals surface area contributed by atoms with E-state index in [4.69, 9.17) is 39.2 Å². The van der Waals surface area contributed by atoms with Crippen molar-refractivity contribution in [2.75, 3.05) is 5.32 Å². The van der Waals surface area contributed by atoms with Crippen LogP contribution in [0.4, 0.5) is 5.69 Å². The molecule has 1 N–H and O–H groups in total. The monoisotopic (exact) mass is 469 g/mol. The molecule has 0 bridgehead atoms. The van der Waals surface area contributed by atoms with Crippen LogP contribution in [0.1, 0.15) is 5.76 Å². The van der Waals surface area contributed by atoms with Crippen molar-refractivity contribution < 1.29 is 9.21 Å². The van der Waals surface area contributed by atoms with Gasteiger partial charge in [0.05, 0.1) is 20.8 Å². The van der Waals surface area contributed by atoms with E-state index in [-0.39, 0.29) is 5.91 Å². The molecule has 0 radical (unpaired) electrons. The highest BCUT2D eigenvalue weighted by atomic mass is 79.9. The van der Waals surface area contributed by atoms with Gasteiger partial charge in [-0.05, 0) is 48.5 Å². The zero-order chi connectivity index (χ0) is 18.7. The maximum Gasteiger partial charge on any atom is 0.248 e. The molecule has 0 aliphatic rings. The van der Waals surface area contributed by atoms with E-state index in [1.165, 1.54) is 6.08 Å². The molecule has 26 heavy (non-hydrogen) atoms. The predicted octanol–water partition coefficient (Wildman–Crippen LogP) is 7.32. The summed E-state index contributed by atoms with van der Waals surface area (Å²) in [5.41, 5.74) is 1.21. The van der Waals surface area contributed by atoms with Crippen molar-refractivity contribution in [1.29, 1.82) is 0 Å². The molecule has 3 rings (SSSR count). The summed E-state index contributed by atoms with van der Waals surface area (Å²) in [5.74, 6) is 0.745. The largest absolute Gasteiger partial charge is 0.457 e. The van der Waals surface area contributed by atoms with E-state index in [0.29, 0.717) is 37.8 Å². The fourth-order valence-electron chi connectivity index (χ4n) is 2.20. The number of nitrogens with one attached hydrogen (secondary N) is 1. The minimum Gasteiger partial charge on any atom is -0.457 e. The number of hydrogen-bond acceptors (Lipinski definition) is 2. The third kappa shape index (κ3) is 4.51. The third-order valence-electron chi connectivity index (χ3n) is 3.43. The fraction of sp³-hybridized carbons (Fsp3) is 0. The molecular formula is C19H11BrCl3NO2. The molecular weight excluding hydrogens is 460 g/mol. The Bertz CT molecular complexity index is 998. The third-order valence-corrected chi connectivity index (χ3v) is 5.06. The van der Waals surface area contributed by atoms with Gasteiger partial charge in [-0.15, -0.1) is 0 Å². The molecule has 0 unspecified atom stereocenters. The normalized spacial score (nSPS) is 11.1. The van der Waals surface area contributed by atoms with Crippen LogP contribution >= 0.6 is 50.7 Å². The van der Waals surface area contributed by atoms with E-state index in [2.05, 4.69) is 21.2 Å². The van der Waals surface area contributed by atoms with E-state index >= 15 is 0 Å². The van der Waals surface area contributed by atoms with Crippen LogP contribution in [0.3, 0.4) is 0 Å². The Kier molecular flexibility index (Phi) is 6.09. The van der Waals surface area contributed by atoms with Crippen LogP contribution in [0.25, 0.3) is 17.4 Å². The summed E-state index contributed by atoms with van der Waals surface area (Å²) in [6, 6.07) is 14.0. The molecule has 3 aromatic rings. The summed E-state index contributed by atoms with van der Waals surface area (Å²) >= 11 is 21.6. The van der Waals surface area contributed by atoms with Crippen molar-refractivity contribution in [3.05, 3.63) is 79.9 Å². The molecule has 1 heterocycles. The second-order valence-electron chi connectivity index (χ2n) is 5.25. The van der Waals surface area contributed by atoms with E-state index in [1.807, 2.05) is 6.07 Å². The number of amides is 1. The molecule has 2 aromatic carbocycles. The minimum absolute atomic E-state index is 0.326. The first-order valence-electron chi connectivity index (χ1n) is 7.42. The molecule has 0 spiro atoms. The van der Waals surface area contributed by atoms with Gasteiger partial charge in [0.15, 0.2) is 0 Å². The average Bonchev–Trinajstić information content (AvgIpc) is 3.07. The fourth-order valence-corrected chi connectivity index (χ4v) is 3.32. The molecule has 1 aromatic heterocycles. The molecule has 0 saturated heterocycles. The van der Waals surface area contributed by atoms with Crippen LogP contribution in [0.2, 0.25) is 15.1 Å². The molecule has 0 saturated carbocycles. The number of halogens is 4. The topological polar surface area (TPSA) is 42.2 Å². The quantitative estimate of drug-likeness (QED) is 0.405. The van der Waals surface area contributed by atoms with Crippen LogP contribution in [0.15, 0.2) is 63.5 Å². The van der Waals surface area contributed by atoms with Crippen LogP contribution in [0.5, 0.6) is 0 Å². The van der Waals surface area contributed by atoms with Crippen LogP contribution in [0, 0.1) is 0 Å². The van der Waals surface area contributed by atoms with E-state index in [1.54, 1.807) is 48.5 Å². The zero-order valence-electron chi connectivity index (χ0n) is 13.1. The van der Waals surface area contributed by atoms with Crippen LogP contribution in [-0.2, 0) is 4.79 Å². The summed E-state index contributed by atoms with van der Waals surface area (Å²) in [6.45, 7) is 0. The molecule has 0 aliphatic carbocycles. The number of hydrogen-bond donors (Lipinski definition) is 1. The predicted molar refractivity (Wildman–Crippen MR) is 111 cm³/mol. The van der Waals surface area contributed by atoms with Gasteiger partial charge in [0.2, 0.25) is 5.91 Å². The Balaban J connectivity index is 1.72. The number of carbonyl (C=O) groups excluding carboxylic acids is 1. The molecule has 7 heteroatoms. The molecule has 0 aliphatic heterocycles. The van der Waals surface area contributed by atoms with E-state index in [0.717, 1.165) is 4.47 Å². The molecule has 1 amide bonds. The van der Waals surface area contributed by atoms with E-state index < -0.39 is 0 Å². The highest BCUT2D eigenvalue weighted by Gasteiger charge is 2.10. The zero-order valence-corrected chi connectivity index (χ0v) is 17.0. The summed E-state index contributed by atoms with van der Waals surface area (Å²) in [4.78, 5) is 12.0. The maximum absolute atomic E-state index is 12.0. The maximum atomic E-state index is 12.0. The summed E-state index contributed by atoms with van der Waals surface area (Å²) in [7, 11) is 0. The Morgan fingerprint density at radius 1 is 1.04 bits per heavy atom. The standard InChI is InChI=1S/C19H11BrCl3NO2/c20-11-4-7-16(15(22)10-11)24-18(25)9-6-12-5-8-17(26-12)13-2-1-3-14(21)19(13)23/h1-10H,(H,24,25)/b9-6+. The second-order valence-corrected chi connectivity index (χ2v) is 7.36. The van der Waals surface area contributed by atoms with Crippen molar-refractivity contribution in [2.45, 2.75) is 0 Å². The first-order chi connectivity index (χ1) is 12.4. The first kappa shape index (κ1) is 19.1. The van der Waals surface area contributed by atoms with Gasteiger partial charge in [-0.2, -0.15) is 0 Å². The number of benzene rings is 2. The molecule has 0 atom stereocenters. The molecule has 0 fully saturated rings. The van der Waals surface area contributed by atoms with Gasteiger partial charge in [-0.3, -0.25) is 4.79 Å². The minimum atomic E-state index is -0.326. The van der Waals surface area contributed by atoms with E-state index in [9.17, 15) is 4.79 Å². The highest BCUT2D eigenvalue weighted by molar-refractivity contribution is 9.10. The van der Waals surface area contributed by atoms with Gasteiger partial charge in [0.25, 0.3) is 0 Å². The summed E-state index contributed by atoms with van der Waals surface area (Å²) < 4.78 is 6.54. The SMILES string of the molecule is O=C(/C=C/c1ccc(-c2cccc(Cl)c2Cl)o1)Nc1ccc(Br)cc1Cl. The lowest BCUT2D eigenvalue weighted by Crippen LogP contribution is -2.07. The number of rotatable bonds is 4. The van der Waals surface area contributed by atoms with Gasteiger partial charge in [0.1, 0.15) is 11.5 Å². The first-order valence-corrected chi connectivity index (χ1v) is 9.35. The summed E-state index contributed by atoms with van der Waals surface area (Å²) in [5, 5.41) is 4.01. The number of anilines is 1. The lowest BCUT2D eigenvalue weighted by Gasteiger charge is -2.04. The van der Waals surface area contributed by atoms with Crippen LogP contribution in [-0.4, -0.2) is 5.91 Å². The number of furan rings is 1. The second kappa shape index (κ2) is 8.31. The Morgan fingerprint density at radius 3 is 2.62 bits per heavy atom. The van der Waals surface area contributed by atoms with Crippen molar-refractivity contribution in [3.63, 3.8) is 0 Å². The summed E-state index contributed by atoms with van der Waals surface area (Å²) in [6.07, 6.45) is 2.92. The molecule has 3 nitrogen and oxygen atoms in total. The average molecular weight is 472 g/mol. The van der Waals surface area contributed by atoms with Gasteiger partial charge in [-0.1, -0.05) is 56.8 Å². The Labute approximate surface area is 173 Å². The van der Waals surface area contributed by atoms with Gasteiger partial charge >= 0.3 is 0 Å². The Morgan fingerprint density at radius 2 is 1.85 bits per heavy atom. The van der Waals surface area contributed by atoms with Crippen LogP contribution < -0.4 is 5.32 Å². The van der Waals surface area contributed by atoms with Crippen molar-refractivity contribution in [2.24, 2.45) is 0 Å². The van der Waals surface area contributed by atoms with Gasteiger partial charge in [-0.25, -0.2) is 0 Å². The molecule has 132 valence electrons. The smallest absolute Gasteiger partial charge is 0.248 e. The highest BCUT2D eigenvalue weighted by Crippen LogP contribution is 2.34. The van der Waals surface area contributed by atoms with Gasteiger partial charge in [0, 0.05) is 16.1 Å². The van der Waals surface area contributed by atoms with Gasteiger partial charge < -0.3 is 9.73 Å². The lowest BCUT2D eigenvalue weighted by atomic mass is 10.2. The van der Waals surface area contributed by atoms with Crippen molar-refractivity contribution in [3.8, 4) is 11.3 Å². The van der Waals surface area contributed by atoms with Crippen molar-refractivity contribution >= 4 is 68.4 Å². The Hall–Kier alpha value is -1.72. The van der Waals surface area contributed by atoms with Crippen molar-refractivity contribution in [1.82, 2.24) is 0 Å². The number of carbonyl (C=O) groups is 1.